The average molecular weight is 479 g/mol. The Morgan fingerprint density at radius 2 is 1.56 bits per heavy atom. The second kappa shape index (κ2) is 12.9. The van der Waals surface area contributed by atoms with E-state index in [2.05, 4.69) is 5.32 Å². The first kappa shape index (κ1) is 25.5. The Hall–Kier alpha value is -3.12. The van der Waals surface area contributed by atoms with Crippen LogP contribution in [0.5, 0.6) is 0 Å². The lowest BCUT2D eigenvalue weighted by atomic mass is 10.0. The van der Waals surface area contributed by atoms with Gasteiger partial charge in [-0.15, -0.1) is 11.8 Å². The van der Waals surface area contributed by atoms with E-state index in [1.807, 2.05) is 74.5 Å². The number of carbonyl (C=O) groups is 2. The summed E-state index contributed by atoms with van der Waals surface area (Å²) >= 11 is 1.41. The maximum absolute atomic E-state index is 14.6. The lowest BCUT2D eigenvalue weighted by molar-refractivity contribution is -0.139. The fraction of sp³-hybridized carbons (Fsp3) is 0.286. The van der Waals surface area contributed by atoms with Gasteiger partial charge in [-0.2, -0.15) is 0 Å². The molecule has 0 fully saturated rings. The van der Waals surface area contributed by atoms with Gasteiger partial charge in [-0.05, 0) is 37.1 Å². The Morgan fingerprint density at radius 3 is 2.21 bits per heavy atom. The molecule has 2 amide bonds. The van der Waals surface area contributed by atoms with Crippen LogP contribution in [-0.2, 0) is 22.6 Å². The summed E-state index contributed by atoms with van der Waals surface area (Å²) in [4.78, 5) is 29.4. The van der Waals surface area contributed by atoms with Gasteiger partial charge in [-0.3, -0.25) is 9.59 Å². The van der Waals surface area contributed by atoms with Crippen molar-refractivity contribution >= 4 is 23.6 Å². The highest BCUT2D eigenvalue weighted by molar-refractivity contribution is 8.00. The first-order valence-electron chi connectivity index (χ1n) is 11.5. The number of amides is 2. The van der Waals surface area contributed by atoms with Crippen molar-refractivity contribution in [2.75, 3.05) is 5.75 Å². The maximum atomic E-state index is 14.6. The molecule has 1 N–H and O–H groups in total. The molecular formula is C28H31FN2O2S. The molecule has 3 rings (SSSR count). The average Bonchev–Trinajstić information content (AvgIpc) is 2.86. The van der Waals surface area contributed by atoms with Crippen LogP contribution >= 0.6 is 11.8 Å². The van der Waals surface area contributed by atoms with Crippen LogP contribution in [0.4, 0.5) is 4.39 Å². The molecule has 178 valence electrons. The molecule has 0 spiro atoms. The number of thioether (sulfide) groups is 1. The molecule has 0 unspecified atom stereocenters. The number of hydrogen-bond donors (Lipinski definition) is 1. The first-order valence-corrected chi connectivity index (χ1v) is 12.5. The van der Waals surface area contributed by atoms with Crippen molar-refractivity contribution in [1.82, 2.24) is 10.2 Å². The summed E-state index contributed by atoms with van der Waals surface area (Å²) < 4.78 is 14.6. The monoisotopic (exact) mass is 478 g/mol. The molecule has 0 saturated carbocycles. The van der Waals surface area contributed by atoms with Crippen molar-refractivity contribution in [2.24, 2.45) is 0 Å². The minimum Gasteiger partial charge on any atom is -0.352 e. The molecule has 3 aromatic carbocycles. The standard InChI is InChI=1S/C28H31FN2O2S/c1-3-21(2)30-28(33)26(18-22-12-6-4-7-13-22)31(19-23-14-10-11-17-25(23)29)27(32)20-34-24-15-8-5-9-16-24/h4-17,21,26H,3,18-20H2,1-2H3,(H,30,33)/t21-,26-/m1/s1. The molecule has 0 aromatic heterocycles. The third-order valence-electron chi connectivity index (χ3n) is 5.68. The molecule has 2 atom stereocenters. The van der Waals surface area contributed by atoms with Crippen LogP contribution in [0.25, 0.3) is 0 Å². The van der Waals surface area contributed by atoms with Crippen molar-refractivity contribution in [3.8, 4) is 0 Å². The topological polar surface area (TPSA) is 49.4 Å². The molecule has 0 heterocycles. The molecule has 0 aliphatic rings. The Balaban J connectivity index is 1.92. The van der Waals surface area contributed by atoms with E-state index in [1.54, 1.807) is 18.2 Å². The highest BCUT2D eigenvalue weighted by Gasteiger charge is 2.31. The van der Waals surface area contributed by atoms with Crippen molar-refractivity contribution in [1.29, 1.82) is 0 Å². The quantitative estimate of drug-likeness (QED) is 0.372. The highest BCUT2D eigenvalue weighted by atomic mass is 32.2. The Kier molecular flexibility index (Phi) is 9.71. The SMILES string of the molecule is CC[C@@H](C)NC(=O)[C@@H](Cc1ccccc1)N(Cc1ccccc1F)C(=O)CSc1ccccc1. The number of nitrogens with zero attached hydrogens (tertiary/aromatic N) is 1. The summed E-state index contributed by atoms with van der Waals surface area (Å²) in [7, 11) is 0. The molecule has 0 aliphatic carbocycles. The fourth-order valence-corrected chi connectivity index (χ4v) is 4.36. The fourth-order valence-electron chi connectivity index (χ4n) is 3.55. The molecule has 0 radical (unpaired) electrons. The Bertz CT molecular complexity index is 1060. The minimum absolute atomic E-state index is 0.0201. The van der Waals surface area contributed by atoms with Gasteiger partial charge in [0.1, 0.15) is 11.9 Å². The van der Waals surface area contributed by atoms with Crippen LogP contribution in [-0.4, -0.2) is 34.6 Å². The zero-order valence-corrected chi connectivity index (χ0v) is 20.4. The van der Waals surface area contributed by atoms with Crippen molar-refractivity contribution in [3.63, 3.8) is 0 Å². The van der Waals surface area contributed by atoms with Gasteiger partial charge in [-0.1, -0.05) is 73.7 Å². The lowest BCUT2D eigenvalue weighted by Gasteiger charge is -2.32. The van der Waals surface area contributed by atoms with Gasteiger partial charge in [0.25, 0.3) is 0 Å². The smallest absolute Gasteiger partial charge is 0.243 e. The van der Waals surface area contributed by atoms with Crippen LogP contribution in [0, 0.1) is 5.82 Å². The predicted molar refractivity (Wildman–Crippen MR) is 136 cm³/mol. The molecule has 34 heavy (non-hydrogen) atoms. The van der Waals surface area contributed by atoms with E-state index in [9.17, 15) is 14.0 Å². The van der Waals surface area contributed by atoms with E-state index in [4.69, 9.17) is 0 Å². The number of nitrogens with one attached hydrogen (secondary N) is 1. The van der Waals surface area contributed by atoms with Crippen LogP contribution in [0.1, 0.15) is 31.4 Å². The second-order valence-electron chi connectivity index (χ2n) is 8.24. The number of hydrogen-bond acceptors (Lipinski definition) is 3. The molecule has 3 aromatic rings. The Morgan fingerprint density at radius 1 is 0.941 bits per heavy atom. The van der Waals surface area contributed by atoms with Crippen molar-refractivity contribution in [2.45, 2.75) is 50.2 Å². The summed E-state index contributed by atoms with van der Waals surface area (Å²) in [6, 6.07) is 24.8. The molecule has 0 saturated heterocycles. The van der Waals surface area contributed by atoms with Gasteiger partial charge in [0.15, 0.2) is 0 Å². The van der Waals surface area contributed by atoms with Gasteiger partial charge >= 0.3 is 0 Å². The van der Waals surface area contributed by atoms with Gasteiger partial charge in [0.05, 0.1) is 5.75 Å². The molecule has 6 heteroatoms. The zero-order valence-electron chi connectivity index (χ0n) is 19.6. The van der Waals surface area contributed by atoms with Crippen molar-refractivity contribution < 1.29 is 14.0 Å². The second-order valence-corrected chi connectivity index (χ2v) is 9.29. The van der Waals surface area contributed by atoms with Gasteiger partial charge < -0.3 is 10.2 Å². The summed E-state index contributed by atoms with van der Waals surface area (Å²) in [5, 5.41) is 3.03. The van der Waals surface area contributed by atoms with Crippen LogP contribution in [0.15, 0.2) is 89.8 Å². The summed E-state index contributed by atoms with van der Waals surface area (Å²) in [5.41, 5.74) is 1.32. The number of benzene rings is 3. The minimum atomic E-state index is -0.764. The maximum Gasteiger partial charge on any atom is 0.243 e. The third kappa shape index (κ3) is 7.45. The molecule has 0 bridgehead atoms. The highest BCUT2D eigenvalue weighted by Crippen LogP contribution is 2.21. The molecular weight excluding hydrogens is 447 g/mol. The zero-order chi connectivity index (χ0) is 24.3. The van der Waals surface area contributed by atoms with Crippen molar-refractivity contribution in [3.05, 3.63) is 102 Å². The van der Waals surface area contributed by atoms with E-state index < -0.39 is 11.9 Å². The van der Waals surface area contributed by atoms with Crippen LogP contribution in [0.3, 0.4) is 0 Å². The van der Waals surface area contributed by atoms with E-state index in [-0.39, 0.29) is 30.2 Å². The third-order valence-corrected chi connectivity index (χ3v) is 6.67. The number of rotatable bonds is 11. The summed E-state index contributed by atoms with van der Waals surface area (Å²) in [5.74, 6) is -0.679. The van der Waals surface area contributed by atoms with E-state index in [0.29, 0.717) is 12.0 Å². The van der Waals surface area contributed by atoms with Gasteiger partial charge in [0, 0.05) is 29.5 Å². The summed E-state index contributed by atoms with van der Waals surface area (Å²) in [6.45, 7) is 3.95. The van der Waals surface area contributed by atoms with Gasteiger partial charge in [0.2, 0.25) is 11.8 Å². The van der Waals surface area contributed by atoms with Gasteiger partial charge in [-0.25, -0.2) is 4.39 Å². The van der Waals surface area contributed by atoms with E-state index >= 15 is 0 Å². The molecule has 0 aliphatic heterocycles. The van der Waals surface area contributed by atoms with Crippen LogP contribution in [0.2, 0.25) is 0 Å². The largest absolute Gasteiger partial charge is 0.352 e. The first-order chi connectivity index (χ1) is 16.5. The summed E-state index contributed by atoms with van der Waals surface area (Å²) in [6.07, 6.45) is 1.12. The molecule has 4 nitrogen and oxygen atoms in total. The lowest BCUT2D eigenvalue weighted by Crippen LogP contribution is -2.52. The van der Waals surface area contributed by atoms with E-state index in [0.717, 1.165) is 16.9 Å². The Labute approximate surface area is 205 Å². The number of carbonyl (C=O) groups excluding carboxylic acids is 2. The predicted octanol–water partition coefficient (Wildman–Crippen LogP) is 5.47. The van der Waals surface area contributed by atoms with E-state index in [1.165, 1.54) is 22.7 Å². The van der Waals surface area contributed by atoms with Crippen LogP contribution < -0.4 is 5.32 Å². The normalized spacial score (nSPS) is 12.6. The number of halogens is 1.